The van der Waals surface area contributed by atoms with Crippen LogP contribution in [-0.2, 0) is 0 Å². The largest absolute Gasteiger partial charge is 0.496 e. The van der Waals surface area contributed by atoms with Crippen molar-refractivity contribution in [3.63, 3.8) is 0 Å². The third-order valence-electron chi connectivity index (χ3n) is 2.81. The SMILES string of the molecule is CCCNC(CC)c1nnc(-c2cc(OC)cs2)s1. The average Bonchev–Trinajstić information content (AvgIpc) is 3.08. The fourth-order valence-corrected chi connectivity index (χ4v) is 3.65. The molecule has 19 heavy (non-hydrogen) atoms. The summed E-state index contributed by atoms with van der Waals surface area (Å²) in [5.41, 5.74) is 0. The molecule has 1 N–H and O–H groups in total. The normalized spacial score (nSPS) is 12.6. The monoisotopic (exact) mass is 297 g/mol. The van der Waals surface area contributed by atoms with Crippen LogP contribution in [0, 0.1) is 0 Å². The second kappa shape index (κ2) is 6.98. The highest BCUT2D eigenvalue weighted by Gasteiger charge is 2.16. The lowest BCUT2D eigenvalue weighted by atomic mass is 10.2. The molecule has 0 aromatic carbocycles. The van der Waals surface area contributed by atoms with Crippen molar-refractivity contribution in [2.45, 2.75) is 32.7 Å². The maximum Gasteiger partial charge on any atom is 0.158 e. The highest BCUT2D eigenvalue weighted by molar-refractivity contribution is 7.20. The van der Waals surface area contributed by atoms with E-state index in [0.717, 1.165) is 40.0 Å². The molecule has 2 aromatic rings. The molecule has 1 atom stereocenters. The van der Waals surface area contributed by atoms with E-state index < -0.39 is 0 Å². The van der Waals surface area contributed by atoms with Crippen LogP contribution in [0.25, 0.3) is 9.88 Å². The number of ether oxygens (including phenoxy) is 1. The Bertz CT molecular complexity index is 509. The van der Waals surface area contributed by atoms with Crippen molar-refractivity contribution in [2.75, 3.05) is 13.7 Å². The van der Waals surface area contributed by atoms with Crippen molar-refractivity contribution in [3.8, 4) is 15.6 Å². The van der Waals surface area contributed by atoms with Crippen LogP contribution in [0.5, 0.6) is 5.75 Å². The first-order valence-electron chi connectivity index (χ1n) is 6.48. The summed E-state index contributed by atoms with van der Waals surface area (Å²) in [6.45, 7) is 5.35. The first-order valence-corrected chi connectivity index (χ1v) is 8.17. The summed E-state index contributed by atoms with van der Waals surface area (Å²) in [5, 5.41) is 16.2. The molecule has 1 unspecified atom stereocenters. The van der Waals surface area contributed by atoms with Crippen LogP contribution < -0.4 is 10.1 Å². The van der Waals surface area contributed by atoms with Crippen molar-refractivity contribution >= 4 is 22.7 Å². The Morgan fingerprint density at radius 3 is 2.84 bits per heavy atom. The Labute approximate surface area is 121 Å². The van der Waals surface area contributed by atoms with E-state index >= 15 is 0 Å². The molecule has 4 nitrogen and oxygen atoms in total. The molecule has 0 spiro atoms. The van der Waals surface area contributed by atoms with E-state index in [1.165, 1.54) is 0 Å². The Morgan fingerprint density at radius 1 is 1.37 bits per heavy atom. The number of hydrogen-bond donors (Lipinski definition) is 1. The number of methoxy groups -OCH3 is 1. The van der Waals surface area contributed by atoms with Gasteiger partial charge in [-0.2, -0.15) is 0 Å². The predicted octanol–water partition coefficient (Wildman–Crippen LogP) is 3.73. The van der Waals surface area contributed by atoms with E-state index in [1.807, 2.05) is 11.4 Å². The molecule has 2 aromatic heterocycles. The number of hydrogen-bond acceptors (Lipinski definition) is 6. The number of rotatable bonds is 7. The first-order chi connectivity index (χ1) is 9.28. The second-order valence-corrected chi connectivity index (χ2v) is 6.13. The molecule has 2 heterocycles. The summed E-state index contributed by atoms with van der Waals surface area (Å²) in [7, 11) is 1.68. The third-order valence-corrected chi connectivity index (χ3v) is 4.92. The third kappa shape index (κ3) is 3.52. The molecule has 2 rings (SSSR count). The van der Waals surface area contributed by atoms with Gasteiger partial charge in [-0.05, 0) is 19.4 Å². The lowest BCUT2D eigenvalue weighted by molar-refractivity contribution is 0.417. The number of aromatic nitrogens is 2. The van der Waals surface area contributed by atoms with Gasteiger partial charge in [0.15, 0.2) is 5.01 Å². The van der Waals surface area contributed by atoms with Gasteiger partial charge in [-0.3, -0.25) is 0 Å². The molecule has 0 amide bonds. The van der Waals surface area contributed by atoms with Crippen LogP contribution in [0.3, 0.4) is 0 Å². The van der Waals surface area contributed by atoms with Crippen LogP contribution in [0.2, 0.25) is 0 Å². The van der Waals surface area contributed by atoms with Crippen LogP contribution in [-0.4, -0.2) is 23.9 Å². The zero-order valence-corrected chi connectivity index (χ0v) is 13.1. The molecule has 0 saturated carbocycles. The minimum absolute atomic E-state index is 0.313. The van der Waals surface area contributed by atoms with E-state index in [2.05, 4.69) is 29.4 Å². The molecule has 0 aliphatic carbocycles. The summed E-state index contributed by atoms with van der Waals surface area (Å²) in [4.78, 5) is 1.12. The van der Waals surface area contributed by atoms with Gasteiger partial charge in [-0.25, -0.2) is 0 Å². The van der Waals surface area contributed by atoms with Crippen LogP contribution in [0.15, 0.2) is 11.4 Å². The van der Waals surface area contributed by atoms with Crippen molar-refractivity contribution in [2.24, 2.45) is 0 Å². The van der Waals surface area contributed by atoms with Crippen LogP contribution in [0.1, 0.15) is 37.7 Å². The number of thiophene rings is 1. The zero-order valence-electron chi connectivity index (χ0n) is 11.5. The van der Waals surface area contributed by atoms with Gasteiger partial charge in [0, 0.05) is 11.4 Å². The Balaban J connectivity index is 2.13. The lowest BCUT2D eigenvalue weighted by Gasteiger charge is -2.12. The summed E-state index contributed by atoms with van der Waals surface area (Å²) >= 11 is 3.30. The topological polar surface area (TPSA) is 47.0 Å². The maximum absolute atomic E-state index is 5.20. The van der Waals surface area contributed by atoms with Crippen LogP contribution in [0.4, 0.5) is 0 Å². The van der Waals surface area contributed by atoms with E-state index in [4.69, 9.17) is 4.74 Å². The van der Waals surface area contributed by atoms with E-state index in [0.29, 0.717) is 6.04 Å². The van der Waals surface area contributed by atoms with Gasteiger partial charge in [0.05, 0.1) is 18.0 Å². The molecule has 0 fully saturated rings. The Hall–Kier alpha value is -0.980. The van der Waals surface area contributed by atoms with Gasteiger partial charge in [-0.15, -0.1) is 21.5 Å². The summed E-state index contributed by atoms with van der Waals surface area (Å²) < 4.78 is 5.20. The molecular weight excluding hydrogens is 278 g/mol. The first kappa shape index (κ1) is 14.4. The fraction of sp³-hybridized carbons (Fsp3) is 0.538. The smallest absolute Gasteiger partial charge is 0.158 e. The lowest BCUT2D eigenvalue weighted by Crippen LogP contribution is -2.21. The van der Waals surface area contributed by atoms with Crippen molar-refractivity contribution in [1.82, 2.24) is 15.5 Å². The van der Waals surface area contributed by atoms with Crippen molar-refractivity contribution < 1.29 is 4.74 Å². The Kier molecular flexibility index (Phi) is 5.30. The van der Waals surface area contributed by atoms with E-state index in [1.54, 1.807) is 29.8 Å². The molecule has 0 aliphatic rings. The molecule has 0 bridgehead atoms. The van der Waals surface area contributed by atoms with E-state index in [9.17, 15) is 0 Å². The maximum atomic E-state index is 5.20. The van der Waals surface area contributed by atoms with Gasteiger partial charge in [0.25, 0.3) is 0 Å². The molecule has 0 radical (unpaired) electrons. The minimum atomic E-state index is 0.313. The van der Waals surface area contributed by atoms with Crippen LogP contribution >= 0.6 is 22.7 Å². The van der Waals surface area contributed by atoms with Gasteiger partial charge in [-0.1, -0.05) is 25.2 Å². The standard InChI is InChI=1S/C13H19N3OS2/c1-4-6-14-10(5-2)12-15-16-13(19-12)11-7-9(17-3)8-18-11/h7-8,10,14H,4-6H2,1-3H3. The zero-order chi connectivity index (χ0) is 13.7. The highest BCUT2D eigenvalue weighted by Crippen LogP contribution is 2.34. The molecule has 0 saturated heterocycles. The molecule has 0 aliphatic heterocycles. The van der Waals surface area contributed by atoms with Crippen molar-refractivity contribution in [3.05, 3.63) is 16.5 Å². The second-order valence-electron chi connectivity index (χ2n) is 4.21. The van der Waals surface area contributed by atoms with Gasteiger partial charge in [0.2, 0.25) is 0 Å². The highest BCUT2D eigenvalue weighted by atomic mass is 32.1. The van der Waals surface area contributed by atoms with Gasteiger partial charge >= 0.3 is 0 Å². The average molecular weight is 297 g/mol. The Morgan fingerprint density at radius 2 is 2.21 bits per heavy atom. The van der Waals surface area contributed by atoms with Crippen molar-refractivity contribution in [1.29, 1.82) is 0 Å². The van der Waals surface area contributed by atoms with Gasteiger partial charge in [0.1, 0.15) is 10.8 Å². The summed E-state index contributed by atoms with van der Waals surface area (Å²) in [5.74, 6) is 0.882. The predicted molar refractivity (Wildman–Crippen MR) is 81.1 cm³/mol. The summed E-state index contributed by atoms with van der Waals surface area (Å²) in [6.07, 6.45) is 2.16. The molecule has 6 heteroatoms. The quantitative estimate of drug-likeness (QED) is 0.846. The molecular formula is C13H19N3OS2. The number of nitrogens with one attached hydrogen (secondary N) is 1. The number of nitrogens with zero attached hydrogens (tertiary/aromatic N) is 2. The summed E-state index contributed by atoms with van der Waals surface area (Å²) in [6, 6.07) is 2.32. The van der Waals surface area contributed by atoms with E-state index in [-0.39, 0.29) is 0 Å². The minimum Gasteiger partial charge on any atom is -0.496 e. The molecule has 104 valence electrons. The fourth-order valence-electron chi connectivity index (χ4n) is 1.74. The van der Waals surface area contributed by atoms with Gasteiger partial charge < -0.3 is 10.1 Å².